The molecule has 0 aliphatic rings. The third-order valence-corrected chi connectivity index (χ3v) is 3.84. The predicted molar refractivity (Wildman–Crippen MR) is 96.0 cm³/mol. The van der Waals surface area contributed by atoms with Crippen LogP contribution in [0.1, 0.15) is 15.9 Å². The Hall–Kier alpha value is -3.07. The first-order valence-electron chi connectivity index (χ1n) is 7.83. The Labute approximate surface area is 141 Å². The maximum Gasteiger partial charge on any atom is 0.251 e. The number of hydrogen-bond donors (Lipinski definition) is 1. The molecule has 0 aliphatic heterocycles. The van der Waals surface area contributed by atoms with Crippen LogP contribution in [-0.4, -0.2) is 13.0 Å². The topological polar surface area (TPSA) is 38.3 Å². The minimum atomic E-state index is -0.0748. The van der Waals surface area contributed by atoms with E-state index in [4.69, 9.17) is 4.74 Å². The van der Waals surface area contributed by atoms with E-state index in [1.54, 1.807) is 7.11 Å². The van der Waals surface area contributed by atoms with Crippen LogP contribution in [0.5, 0.6) is 5.75 Å². The van der Waals surface area contributed by atoms with Crippen LogP contribution in [0.15, 0.2) is 78.9 Å². The maximum absolute atomic E-state index is 12.4. The van der Waals surface area contributed by atoms with E-state index in [2.05, 4.69) is 5.32 Å². The maximum atomic E-state index is 12.4. The van der Waals surface area contributed by atoms with Gasteiger partial charge in [-0.2, -0.15) is 0 Å². The number of benzene rings is 3. The number of nitrogens with one attached hydrogen (secondary N) is 1. The molecule has 0 saturated heterocycles. The molecule has 120 valence electrons. The second kappa shape index (κ2) is 7.47. The lowest BCUT2D eigenvalue weighted by Gasteiger charge is -2.08. The highest BCUT2D eigenvalue weighted by molar-refractivity contribution is 5.95. The zero-order chi connectivity index (χ0) is 16.8. The van der Waals surface area contributed by atoms with Crippen LogP contribution in [0.3, 0.4) is 0 Å². The molecule has 3 aromatic rings. The molecule has 0 heterocycles. The van der Waals surface area contributed by atoms with E-state index in [1.807, 2.05) is 78.9 Å². The van der Waals surface area contributed by atoms with Gasteiger partial charge in [0.1, 0.15) is 5.75 Å². The van der Waals surface area contributed by atoms with Crippen molar-refractivity contribution in [2.24, 2.45) is 0 Å². The first kappa shape index (κ1) is 15.8. The van der Waals surface area contributed by atoms with Crippen molar-refractivity contribution in [3.8, 4) is 16.9 Å². The first-order valence-corrected chi connectivity index (χ1v) is 7.83. The molecular formula is C21H19NO2. The Morgan fingerprint density at radius 2 is 1.62 bits per heavy atom. The highest BCUT2D eigenvalue weighted by Crippen LogP contribution is 2.23. The number of methoxy groups -OCH3 is 1. The van der Waals surface area contributed by atoms with Crippen LogP contribution >= 0.6 is 0 Å². The normalized spacial score (nSPS) is 10.2. The molecule has 3 nitrogen and oxygen atoms in total. The van der Waals surface area contributed by atoms with Crippen molar-refractivity contribution >= 4 is 5.91 Å². The summed E-state index contributed by atoms with van der Waals surface area (Å²) in [4.78, 5) is 12.4. The van der Waals surface area contributed by atoms with Gasteiger partial charge in [0, 0.05) is 12.1 Å². The van der Waals surface area contributed by atoms with Gasteiger partial charge in [-0.3, -0.25) is 4.79 Å². The Morgan fingerprint density at radius 3 is 2.33 bits per heavy atom. The smallest absolute Gasteiger partial charge is 0.251 e. The number of rotatable bonds is 5. The van der Waals surface area contributed by atoms with Gasteiger partial charge in [-0.1, -0.05) is 54.6 Å². The van der Waals surface area contributed by atoms with E-state index in [9.17, 15) is 4.79 Å². The summed E-state index contributed by atoms with van der Waals surface area (Å²) in [5, 5.41) is 2.95. The second-order valence-corrected chi connectivity index (χ2v) is 5.48. The molecular weight excluding hydrogens is 298 g/mol. The fourth-order valence-corrected chi connectivity index (χ4v) is 2.50. The first-order chi connectivity index (χ1) is 11.8. The quantitative estimate of drug-likeness (QED) is 0.762. The molecule has 0 fully saturated rings. The van der Waals surface area contributed by atoms with Gasteiger partial charge in [-0.05, 0) is 41.0 Å². The minimum absolute atomic E-state index is 0.0748. The van der Waals surface area contributed by atoms with E-state index in [0.29, 0.717) is 12.1 Å². The molecule has 3 heteroatoms. The molecule has 0 radical (unpaired) electrons. The van der Waals surface area contributed by atoms with Crippen molar-refractivity contribution < 1.29 is 9.53 Å². The summed E-state index contributed by atoms with van der Waals surface area (Å²) in [7, 11) is 1.65. The summed E-state index contributed by atoms with van der Waals surface area (Å²) in [5.74, 6) is 0.740. The molecule has 0 spiro atoms. The van der Waals surface area contributed by atoms with Crippen molar-refractivity contribution in [2.45, 2.75) is 6.54 Å². The Bertz CT molecular complexity index is 811. The third-order valence-electron chi connectivity index (χ3n) is 3.84. The molecule has 0 unspecified atom stereocenters. The summed E-state index contributed by atoms with van der Waals surface area (Å²) >= 11 is 0. The van der Waals surface area contributed by atoms with Gasteiger partial charge in [-0.25, -0.2) is 0 Å². The van der Waals surface area contributed by atoms with Gasteiger partial charge in [-0.15, -0.1) is 0 Å². The lowest BCUT2D eigenvalue weighted by molar-refractivity contribution is 0.0951. The largest absolute Gasteiger partial charge is 0.497 e. The lowest BCUT2D eigenvalue weighted by atomic mass is 10.0. The van der Waals surface area contributed by atoms with E-state index in [0.717, 1.165) is 22.4 Å². The van der Waals surface area contributed by atoms with Crippen molar-refractivity contribution in [1.82, 2.24) is 5.32 Å². The van der Waals surface area contributed by atoms with Gasteiger partial charge < -0.3 is 10.1 Å². The molecule has 0 saturated carbocycles. The number of carbonyl (C=O) groups is 1. The average molecular weight is 317 g/mol. The summed E-state index contributed by atoms with van der Waals surface area (Å²) in [5.41, 5.74) is 3.79. The van der Waals surface area contributed by atoms with Crippen LogP contribution in [-0.2, 0) is 6.54 Å². The highest BCUT2D eigenvalue weighted by Gasteiger charge is 2.07. The van der Waals surface area contributed by atoms with Crippen LogP contribution in [0.2, 0.25) is 0 Å². The minimum Gasteiger partial charge on any atom is -0.497 e. The molecule has 3 aromatic carbocycles. The van der Waals surface area contributed by atoms with E-state index >= 15 is 0 Å². The molecule has 0 aliphatic carbocycles. The van der Waals surface area contributed by atoms with Gasteiger partial charge >= 0.3 is 0 Å². The van der Waals surface area contributed by atoms with E-state index < -0.39 is 0 Å². The molecule has 24 heavy (non-hydrogen) atoms. The van der Waals surface area contributed by atoms with Gasteiger partial charge in [0.05, 0.1) is 7.11 Å². The standard InChI is InChI=1S/C21H19NO2/c1-24-20-12-10-17(11-13-20)18-8-5-9-19(14-18)21(23)22-15-16-6-3-2-4-7-16/h2-14H,15H2,1H3,(H,22,23). The number of carbonyl (C=O) groups excluding carboxylic acids is 1. The Kier molecular flexibility index (Phi) is 4.92. The average Bonchev–Trinajstić information content (AvgIpc) is 2.67. The van der Waals surface area contributed by atoms with Crippen LogP contribution < -0.4 is 10.1 Å². The molecule has 0 aromatic heterocycles. The van der Waals surface area contributed by atoms with Gasteiger partial charge in [0.25, 0.3) is 5.91 Å². The Morgan fingerprint density at radius 1 is 0.875 bits per heavy atom. The molecule has 1 amide bonds. The van der Waals surface area contributed by atoms with Gasteiger partial charge in [0.2, 0.25) is 0 Å². The van der Waals surface area contributed by atoms with E-state index in [-0.39, 0.29) is 5.91 Å². The lowest BCUT2D eigenvalue weighted by Crippen LogP contribution is -2.22. The fraction of sp³-hybridized carbons (Fsp3) is 0.0952. The monoisotopic (exact) mass is 317 g/mol. The van der Waals surface area contributed by atoms with Crippen molar-refractivity contribution in [3.05, 3.63) is 90.0 Å². The van der Waals surface area contributed by atoms with Crippen LogP contribution in [0.25, 0.3) is 11.1 Å². The molecule has 1 N–H and O–H groups in total. The van der Waals surface area contributed by atoms with E-state index in [1.165, 1.54) is 0 Å². The zero-order valence-electron chi connectivity index (χ0n) is 13.5. The van der Waals surface area contributed by atoms with Crippen molar-refractivity contribution in [3.63, 3.8) is 0 Å². The predicted octanol–water partition coefficient (Wildman–Crippen LogP) is 4.29. The fourth-order valence-electron chi connectivity index (χ4n) is 2.50. The summed E-state index contributed by atoms with van der Waals surface area (Å²) in [6, 6.07) is 25.3. The Balaban J connectivity index is 1.73. The zero-order valence-corrected chi connectivity index (χ0v) is 13.5. The molecule has 0 atom stereocenters. The van der Waals surface area contributed by atoms with Crippen LogP contribution in [0.4, 0.5) is 0 Å². The second-order valence-electron chi connectivity index (χ2n) is 5.48. The summed E-state index contributed by atoms with van der Waals surface area (Å²) < 4.78 is 5.18. The van der Waals surface area contributed by atoms with Gasteiger partial charge in [0.15, 0.2) is 0 Å². The number of amides is 1. The highest BCUT2D eigenvalue weighted by atomic mass is 16.5. The molecule has 3 rings (SSSR count). The third kappa shape index (κ3) is 3.82. The van der Waals surface area contributed by atoms with Crippen LogP contribution in [0, 0.1) is 0 Å². The SMILES string of the molecule is COc1ccc(-c2cccc(C(=O)NCc3ccccc3)c2)cc1. The number of ether oxygens (including phenoxy) is 1. The number of hydrogen-bond acceptors (Lipinski definition) is 2. The summed E-state index contributed by atoms with van der Waals surface area (Å²) in [6.07, 6.45) is 0. The summed E-state index contributed by atoms with van der Waals surface area (Å²) in [6.45, 7) is 0.520. The van der Waals surface area contributed by atoms with Crippen molar-refractivity contribution in [1.29, 1.82) is 0 Å². The van der Waals surface area contributed by atoms with Crippen molar-refractivity contribution in [2.75, 3.05) is 7.11 Å². The molecule has 0 bridgehead atoms.